The molecule has 7 nitrogen and oxygen atoms in total. The van der Waals surface area contributed by atoms with E-state index in [-0.39, 0.29) is 22.2 Å². The average Bonchev–Trinajstić information content (AvgIpc) is 2.95. The Hall–Kier alpha value is -2.67. The zero-order chi connectivity index (χ0) is 18.1. The highest BCUT2D eigenvalue weighted by Gasteiger charge is 2.18. The fraction of sp³-hybridized carbons (Fsp3) is 0.294. The van der Waals surface area contributed by atoms with Gasteiger partial charge in [-0.25, -0.2) is 4.79 Å². The number of ketones is 1. The molecule has 3 aromatic rings. The highest BCUT2D eigenvalue weighted by molar-refractivity contribution is 6.29. The Balaban J connectivity index is 1.88. The Bertz CT molecular complexity index is 1060. The van der Waals surface area contributed by atoms with Crippen molar-refractivity contribution in [3.05, 3.63) is 62.0 Å². The van der Waals surface area contributed by atoms with Gasteiger partial charge in [-0.2, -0.15) is 4.98 Å². The molecule has 0 atom stereocenters. The van der Waals surface area contributed by atoms with Crippen LogP contribution in [0, 0.1) is 0 Å². The fourth-order valence-corrected chi connectivity index (χ4v) is 3.04. The maximum Gasteiger partial charge on any atom is 0.332 e. The summed E-state index contributed by atoms with van der Waals surface area (Å²) in [6.07, 6.45) is 0.830. The van der Waals surface area contributed by atoms with Gasteiger partial charge in [-0.3, -0.25) is 18.7 Å². The van der Waals surface area contributed by atoms with Gasteiger partial charge in [0.05, 0.1) is 0 Å². The van der Waals surface area contributed by atoms with Crippen molar-refractivity contribution in [2.24, 2.45) is 14.1 Å². The predicted octanol–water partition coefficient (Wildman–Crippen LogP) is 1.75. The molecular formula is C17H17ClN4O3. The molecule has 3 rings (SSSR count). The molecule has 1 aromatic carbocycles. The van der Waals surface area contributed by atoms with E-state index in [9.17, 15) is 14.4 Å². The average molecular weight is 361 g/mol. The van der Waals surface area contributed by atoms with Gasteiger partial charge in [-0.05, 0) is 18.0 Å². The number of imidazole rings is 1. The van der Waals surface area contributed by atoms with E-state index >= 15 is 0 Å². The first-order valence-corrected chi connectivity index (χ1v) is 8.19. The largest absolute Gasteiger partial charge is 0.332 e. The van der Waals surface area contributed by atoms with Crippen molar-refractivity contribution in [2.45, 2.75) is 19.4 Å². The van der Waals surface area contributed by atoms with Crippen molar-refractivity contribution in [1.82, 2.24) is 18.7 Å². The Kier molecular flexibility index (Phi) is 4.59. The van der Waals surface area contributed by atoms with Crippen LogP contribution in [0.4, 0.5) is 0 Å². The molecule has 0 aliphatic heterocycles. The summed E-state index contributed by atoms with van der Waals surface area (Å²) in [5.74, 6) is 0.0291. The number of rotatable bonds is 5. The van der Waals surface area contributed by atoms with E-state index in [0.29, 0.717) is 24.9 Å². The van der Waals surface area contributed by atoms with Gasteiger partial charge < -0.3 is 4.57 Å². The maximum atomic E-state index is 12.4. The van der Waals surface area contributed by atoms with Crippen LogP contribution in [0.1, 0.15) is 23.2 Å². The van der Waals surface area contributed by atoms with Gasteiger partial charge in [0.1, 0.15) is 0 Å². The molecule has 25 heavy (non-hydrogen) atoms. The summed E-state index contributed by atoms with van der Waals surface area (Å²) in [7, 11) is 2.95. The molecule has 2 heterocycles. The van der Waals surface area contributed by atoms with Gasteiger partial charge in [0, 0.05) is 32.6 Å². The number of benzene rings is 1. The number of aromatic nitrogens is 4. The highest BCUT2D eigenvalue weighted by atomic mass is 35.5. The lowest BCUT2D eigenvalue weighted by molar-refractivity contribution is 0.0978. The summed E-state index contributed by atoms with van der Waals surface area (Å²) < 4.78 is 3.86. The summed E-state index contributed by atoms with van der Waals surface area (Å²) in [5.41, 5.74) is 0.251. The van der Waals surface area contributed by atoms with E-state index in [4.69, 9.17) is 11.6 Å². The maximum absolute atomic E-state index is 12.4. The van der Waals surface area contributed by atoms with Crippen molar-refractivity contribution in [3.8, 4) is 0 Å². The summed E-state index contributed by atoms with van der Waals surface area (Å²) >= 11 is 6.15. The molecule has 0 radical (unpaired) electrons. The number of aryl methyl sites for hydroxylation is 2. The van der Waals surface area contributed by atoms with Crippen LogP contribution >= 0.6 is 11.6 Å². The van der Waals surface area contributed by atoms with Crippen molar-refractivity contribution >= 4 is 28.5 Å². The first-order chi connectivity index (χ1) is 11.9. The van der Waals surface area contributed by atoms with Gasteiger partial charge >= 0.3 is 5.69 Å². The smallest absolute Gasteiger partial charge is 0.309 e. The number of fused-ring (bicyclic) bond motifs is 1. The molecule has 0 fully saturated rings. The first kappa shape index (κ1) is 17.2. The standard InChI is InChI=1S/C17H17ClN4O3/c1-20-14-13(15(24)21(2)17(20)25)22(16(18)19-14)10-6-9-12(23)11-7-4-3-5-8-11/h3-5,7-8H,6,9-10H2,1-2H3. The van der Waals surface area contributed by atoms with E-state index in [1.54, 1.807) is 16.7 Å². The minimum absolute atomic E-state index is 0.0291. The van der Waals surface area contributed by atoms with Gasteiger partial charge in [-0.15, -0.1) is 0 Å². The lowest BCUT2D eigenvalue weighted by Crippen LogP contribution is -2.37. The van der Waals surface area contributed by atoms with Crippen LogP contribution in [0.15, 0.2) is 39.9 Å². The number of nitrogens with zero attached hydrogens (tertiary/aromatic N) is 4. The third-order valence-electron chi connectivity index (χ3n) is 4.18. The molecule has 8 heteroatoms. The van der Waals surface area contributed by atoms with Crippen molar-refractivity contribution in [1.29, 1.82) is 0 Å². The lowest BCUT2D eigenvalue weighted by atomic mass is 10.1. The minimum Gasteiger partial charge on any atom is -0.309 e. The third-order valence-corrected chi connectivity index (χ3v) is 4.47. The van der Waals surface area contributed by atoms with Crippen molar-refractivity contribution < 1.29 is 4.79 Å². The number of hydrogen-bond donors (Lipinski definition) is 0. The number of hydrogen-bond acceptors (Lipinski definition) is 4. The molecule has 0 aliphatic carbocycles. The van der Waals surface area contributed by atoms with E-state index in [1.807, 2.05) is 18.2 Å². The first-order valence-electron chi connectivity index (χ1n) is 7.82. The second-order valence-electron chi connectivity index (χ2n) is 5.80. The zero-order valence-electron chi connectivity index (χ0n) is 13.9. The molecule has 0 aliphatic rings. The Morgan fingerprint density at radius 2 is 1.80 bits per heavy atom. The van der Waals surface area contributed by atoms with E-state index in [1.165, 1.54) is 18.7 Å². The minimum atomic E-state index is -0.460. The SMILES string of the molecule is Cn1c(=O)c2c(nc(Cl)n2CCCC(=O)c2ccccc2)n(C)c1=O. The normalized spacial score (nSPS) is 11.2. The van der Waals surface area contributed by atoms with E-state index < -0.39 is 11.2 Å². The predicted molar refractivity (Wildman–Crippen MR) is 95.2 cm³/mol. The number of Topliss-reactive ketones (excluding diaryl/α,β-unsaturated/α-hetero) is 1. The number of carbonyl (C=O) groups is 1. The monoisotopic (exact) mass is 360 g/mol. The highest BCUT2D eigenvalue weighted by Crippen LogP contribution is 2.17. The van der Waals surface area contributed by atoms with Gasteiger partial charge in [0.2, 0.25) is 5.28 Å². The molecule has 0 saturated carbocycles. The van der Waals surface area contributed by atoms with E-state index in [0.717, 1.165) is 4.57 Å². The lowest BCUT2D eigenvalue weighted by Gasteiger charge is -2.07. The van der Waals surface area contributed by atoms with E-state index in [2.05, 4.69) is 4.98 Å². The topological polar surface area (TPSA) is 78.9 Å². The van der Waals surface area contributed by atoms with Crippen LogP contribution in [0.3, 0.4) is 0 Å². The number of halogens is 1. The Morgan fingerprint density at radius 3 is 2.48 bits per heavy atom. The molecule has 0 unspecified atom stereocenters. The zero-order valence-corrected chi connectivity index (χ0v) is 14.7. The summed E-state index contributed by atoms with van der Waals surface area (Å²) in [5, 5.41) is 0.125. The Labute approximate surface area is 148 Å². The molecule has 0 amide bonds. The second kappa shape index (κ2) is 6.68. The molecule has 0 saturated heterocycles. The van der Waals surface area contributed by atoms with Gasteiger partial charge in [-0.1, -0.05) is 30.3 Å². The third kappa shape index (κ3) is 3.02. The summed E-state index contributed by atoms with van der Waals surface area (Å²) in [6.45, 7) is 0.362. The van der Waals surface area contributed by atoms with Crippen LogP contribution < -0.4 is 11.2 Å². The quantitative estimate of drug-likeness (QED) is 0.513. The Morgan fingerprint density at radius 1 is 1.12 bits per heavy atom. The van der Waals surface area contributed by atoms with Crippen LogP contribution in [-0.4, -0.2) is 24.5 Å². The summed E-state index contributed by atoms with van der Waals surface area (Å²) in [4.78, 5) is 40.7. The van der Waals surface area contributed by atoms with Crippen molar-refractivity contribution in [3.63, 3.8) is 0 Å². The van der Waals surface area contributed by atoms with Crippen LogP contribution in [0.2, 0.25) is 5.28 Å². The molecule has 0 spiro atoms. The van der Waals surface area contributed by atoms with Crippen molar-refractivity contribution in [2.75, 3.05) is 0 Å². The van der Waals surface area contributed by atoms with Crippen LogP contribution in [0.5, 0.6) is 0 Å². The van der Waals surface area contributed by atoms with Gasteiger partial charge in [0.15, 0.2) is 16.9 Å². The van der Waals surface area contributed by atoms with Crippen LogP contribution in [0.25, 0.3) is 11.2 Å². The molecule has 130 valence electrons. The molecule has 0 bridgehead atoms. The van der Waals surface area contributed by atoms with Crippen LogP contribution in [-0.2, 0) is 20.6 Å². The molecular weight excluding hydrogens is 344 g/mol. The number of carbonyl (C=O) groups excluding carboxylic acids is 1. The molecule has 0 N–H and O–H groups in total. The second-order valence-corrected chi connectivity index (χ2v) is 6.14. The fourth-order valence-electron chi connectivity index (χ4n) is 2.79. The van der Waals surface area contributed by atoms with Gasteiger partial charge in [0.25, 0.3) is 5.56 Å². The molecule has 2 aromatic heterocycles. The summed E-state index contributed by atoms with van der Waals surface area (Å²) in [6, 6.07) is 9.03.